The van der Waals surface area contributed by atoms with Crippen molar-refractivity contribution in [3.05, 3.63) is 60.2 Å². The van der Waals surface area contributed by atoms with Crippen molar-refractivity contribution >= 4 is 11.7 Å². The molecule has 1 amide bonds. The maximum atomic E-state index is 12.1. The van der Waals surface area contributed by atoms with Crippen LogP contribution >= 0.6 is 0 Å². The first kappa shape index (κ1) is 16.0. The van der Waals surface area contributed by atoms with Crippen LogP contribution in [0.1, 0.15) is 36.5 Å². The summed E-state index contributed by atoms with van der Waals surface area (Å²) in [5.74, 6) is -0.0534. The van der Waals surface area contributed by atoms with E-state index in [9.17, 15) is 9.59 Å². The predicted octanol–water partition coefficient (Wildman–Crippen LogP) is 3.84. The molecule has 0 unspecified atom stereocenters. The minimum Gasteiger partial charge on any atom is -0.356 e. The number of carbonyl (C=O) groups is 2. The van der Waals surface area contributed by atoms with Crippen LogP contribution in [0.3, 0.4) is 0 Å². The van der Waals surface area contributed by atoms with Crippen molar-refractivity contribution in [2.45, 2.75) is 26.2 Å². The van der Waals surface area contributed by atoms with E-state index in [4.69, 9.17) is 0 Å². The van der Waals surface area contributed by atoms with E-state index in [1.54, 1.807) is 0 Å². The fraction of sp³-hybridized carbons (Fsp3) is 0.263. The largest absolute Gasteiger partial charge is 0.356 e. The average Bonchev–Trinajstić information content (AvgIpc) is 2.58. The van der Waals surface area contributed by atoms with Crippen molar-refractivity contribution in [3.63, 3.8) is 0 Å². The lowest BCUT2D eigenvalue weighted by Gasteiger charge is -2.05. The molecule has 0 saturated carbocycles. The van der Waals surface area contributed by atoms with Crippen LogP contribution in [-0.2, 0) is 4.79 Å². The van der Waals surface area contributed by atoms with Gasteiger partial charge in [0.15, 0.2) is 5.78 Å². The lowest BCUT2D eigenvalue weighted by Crippen LogP contribution is -2.24. The van der Waals surface area contributed by atoms with Crippen LogP contribution in [0.2, 0.25) is 0 Å². The fourth-order valence-corrected chi connectivity index (χ4v) is 2.20. The molecule has 0 atom stereocenters. The van der Waals surface area contributed by atoms with Gasteiger partial charge in [-0.3, -0.25) is 9.59 Å². The topological polar surface area (TPSA) is 46.2 Å². The number of Topliss-reactive ketones (excluding diaryl/α,β-unsaturated/α-hetero) is 1. The molecule has 0 aliphatic heterocycles. The predicted molar refractivity (Wildman–Crippen MR) is 88.7 cm³/mol. The Hall–Kier alpha value is -2.42. The lowest BCUT2D eigenvalue weighted by atomic mass is 10.0. The van der Waals surface area contributed by atoms with Crippen molar-refractivity contribution in [2.75, 3.05) is 6.54 Å². The summed E-state index contributed by atoms with van der Waals surface area (Å²) in [7, 11) is 0. The van der Waals surface area contributed by atoms with Crippen LogP contribution in [0.4, 0.5) is 0 Å². The molecule has 0 saturated heterocycles. The van der Waals surface area contributed by atoms with E-state index in [2.05, 4.69) is 5.32 Å². The highest BCUT2D eigenvalue weighted by molar-refractivity contribution is 5.98. The zero-order valence-electron chi connectivity index (χ0n) is 12.8. The van der Waals surface area contributed by atoms with Crippen LogP contribution in [-0.4, -0.2) is 18.2 Å². The quantitative estimate of drug-likeness (QED) is 0.789. The molecule has 3 heteroatoms. The van der Waals surface area contributed by atoms with Crippen LogP contribution in [0.25, 0.3) is 11.1 Å². The van der Waals surface area contributed by atoms with E-state index < -0.39 is 0 Å². The molecule has 3 nitrogen and oxygen atoms in total. The van der Waals surface area contributed by atoms with Gasteiger partial charge in [0, 0.05) is 24.9 Å². The van der Waals surface area contributed by atoms with Crippen LogP contribution in [0.15, 0.2) is 54.6 Å². The number of hydrogen-bond acceptors (Lipinski definition) is 2. The highest BCUT2D eigenvalue weighted by atomic mass is 16.2. The number of nitrogens with one attached hydrogen (secondary N) is 1. The molecule has 0 fully saturated rings. The molecule has 2 rings (SSSR count). The summed E-state index contributed by atoms with van der Waals surface area (Å²) in [5, 5.41) is 2.78. The third-order valence-electron chi connectivity index (χ3n) is 3.47. The van der Waals surface area contributed by atoms with E-state index in [1.165, 1.54) is 0 Å². The van der Waals surface area contributed by atoms with Crippen molar-refractivity contribution in [1.29, 1.82) is 0 Å². The SMILES string of the molecule is CCCNC(=O)CCC(=O)c1ccc(-c2ccccc2)cc1. The molecular weight excluding hydrogens is 274 g/mol. The van der Waals surface area contributed by atoms with Gasteiger partial charge in [0.2, 0.25) is 5.91 Å². The van der Waals surface area contributed by atoms with Gasteiger partial charge in [-0.25, -0.2) is 0 Å². The second-order valence-electron chi connectivity index (χ2n) is 5.22. The molecule has 0 aromatic heterocycles. The van der Waals surface area contributed by atoms with Gasteiger partial charge in [-0.05, 0) is 17.5 Å². The zero-order valence-corrected chi connectivity index (χ0v) is 12.8. The minimum atomic E-state index is -0.0592. The average molecular weight is 295 g/mol. The van der Waals surface area contributed by atoms with Crippen LogP contribution in [0.5, 0.6) is 0 Å². The first-order valence-corrected chi connectivity index (χ1v) is 7.66. The molecule has 0 radical (unpaired) electrons. The summed E-state index contributed by atoms with van der Waals surface area (Å²) in [5.41, 5.74) is 2.86. The molecule has 0 bridgehead atoms. The standard InChI is InChI=1S/C19H21NO2/c1-2-14-20-19(22)13-12-18(21)17-10-8-16(9-11-17)15-6-4-3-5-7-15/h3-11H,2,12-14H2,1H3,(H,20,22). The number of ketones is 1. The third-order valence-corrected chi connectivity index (χ3v) is 3.47. The molecule has 22 heavy (non-hydrogen) atoms. The van der Waals surface area contributed by atoms with Gasteiger partial charge in [-0.15, -0.1) is 0 Å². The summed E-state index contributed by atoms with van der Waals surface area (Å²) in [4.78, 5) is 23.6. The molecule has 114 valence electrons. The second kappa shape index (κ2) is 8.13. The highest BCUT2D eigenvalue weighted by Gasteiger charge is 2.09. The maximum absolute atomic E-state index is 12.1. The van der Waals surface area contributed by atoms with E-state index in [1.807, 2.05) is 61.5 Å². The Morgan fingerprint density at radius 2 is 1.50 bits per heavy atom. The minimum absolute atomic E-state index is 0.00580. The molecule has 0 aliphatic rings. The number of benzene rings is 2. The van der Waals surface area contributed by atoms with Crippen LogP contribution < -0.4 is 5.32 Å². The maximum Gasteiger partial charge on any atom is 0.220 e. The lowest BCUT2D eigenvalue weighted by molar-refractivity contribution is -0.121. The number of hydrogen-bond donors (Lipinski definition) is 1. The molecule has 2 aromatic rings. The summed E-state index contributed by atoms with van der Waals surface area (Å²) in [6, 6.07) is 17.6. The Labute approximate surface area is 131 Å². The first-order chi connectivity index (χ1) is 10.7. The van der Waals surface area contributed by atoms with E-state index >= 15 is 0 Å². The molecular formula is C19H21NO2. The molecule has 0 aliphatic carbocycles. The number of carbonyl (C=O) groups excluding carboxylic acids is 2. The second-order valence-corrected chi connectivity index (χ2v) is 5.22. The van der Waals surface area contributed by atoms with Crippen LogP contribution in [0, 0.1) is 0 Å². The van der Waals surface area contributed by atoms with Gasteiger partial charge in [0.05, 0.1) is 0 Å². The van der Waals surface area contributed by atoms with E-state index in [0.717, 1.165) is 17.5 Å². The summed E-state index contributed by atoms with van der Waals surface area (Å²) in [6.45, 7) is 2.67. The monoisotopic (exact) mass is 295 g/mol. The van der Waals surface area contributed by atoms with Crippen molar-refractivity contribution < 1.29 is 9.59 Å². The van der Waals surface area contributed by atoms with E-state index in [0.29, 0.717) is 12.1 Å². The first-order valence-electron chi connectivity index (χ1n) is 7.66. The number of rotatable bonds is 7. The Kier molecular flexibility index (Phi) is 5.90. The molecule has 2 aromatic carbocycles. The summed E-state index contributed by atoms with van der Waals surface area (Å²) < 4.78 is 0. The zero-order chi connectivity index (χ0) is 15.8. The Morgan fingerprint density at radius 3 is 2.14 bits per heavy atom. The number of amides is 1. The van der Waals surface area contributed by atoms with Crippen molar-refractivity contribution in [1.82, 2.24) is 5.32 Å². The molecule has 1 N–H and O–H groups in total. The highest BCUT2D eigenvalue weighted by Crippen LogP contribution is 2.19. The van der Waals surface area contributed by atoms with Crippen molar-refractivity contribution in [3.8, 4) is 11.1 Å². The fourth-order valence-electron chi connectivity index (χ4n) is 2.20. The smallest absolute Gasteiger partial charge is 0.220 e. The third kappa shape index (κ3) is 4.55. The van der Waals surface area contributed by atoms with Gasteiger partial charge in [-0.1, -0.05) is 61.5 Å². The summed E-state index contributed by atoms with van der Waals surface area (Å²) >= 11 is 0. The summed E-state index contributed by atoms with van der Waals surface area (Å²) in [6.07, 6.45) is 1.40. The van der Waals surface area contributed by atoms with Gasteiger partial charge in [0.1, 0.15) is 0 Å². The van der Waals surface area contributed by atoms with E-state index in [-0.39, 0.29) is 24.5 Å². The molecule has 0 heterocycles. The van der Waals surface area contributed by atoms with Gasteiger partial charge < -0.3 is 5.32 Å². The Morgan fingerprint density at radius 1 is 0.864 bits per heavy atom. The van der Waals surface area contributed by atoms with Gasteiger partial charge in [0.25, 0.3) is 0 Å². The molecule has 0 spiro atoms. The van der Waals surface area contributed by atoms with Gasteiger partial charge in [-0.2, -0.15) is 0 Å². The Bertz CT molecular complexity index is 618. The van der Waals surface area contributed by atoms with Gasteiger partial charge >= 0.3 is 0 Å². The Balaban J connectivity index is 1.93. The van der Waals surface area contributed by atoms with Crippen molar-refractivity contribution in [2.24, 2.45) is 0 Å². The normalized spacial score (nSPS) is 10.2.